The van der Waals surface area contributed by atoms with E-state index in [1.165, 1.54) is 25.3 Å². The summed E-state index contributed by atoms with van der Waals surface area (Å²) in [5, 5.41) is 20.4. The molecular formula is C21H31NO3. The van der Waals surface area contributed by atoms with Crippen molar-refractivity contribution < 1.29 is 10.2 Å². The van der Waals surface area contributed by atoms with Crippen LogP contribution in [0.5, 0.6) is 0 Å². The maximum atomic E-state index is 11.6. The van der Waals surface area contributed by atoms with Crippen molar-refractivity contribution in [3.8, 4) is 0 Å². The first-order valence-corrected chi connectivity index (χ1v) is 9.54. The van der Waals surface area contributed by atoms with Crippen LogP contribution in [0.4, 0.5) is 0 Å². The maximum Gasteiger partial charge on any atom is 0.248 e. The number of aromatic amines is 1. The molecule has 1 heterocycles. The van der Waals surface area contributed by atoms with Gasteiger partial charge in [0.05, 0.1) is 11.8 Å². The zero-order valence-electron chi connectivity index (χ0n) is 15.2. The van der Waals surface area contributed by atoms with Crippen LogP contribution in [0, 0.1) is 5.92 Å². The first kappa shape index (κ1) is 19.5. The molecule has 0 saturated carbocycles. The Kier molecular flexibility index (Phi) is 7.99. The third-order valence-electron chi connectivity index (χ3n) is 5.05. The summed E-state index contributed by atoms with van der Waals surface area (Å²) < 4.78 is 0. The van der Waals surface area contributed by atoms with Crippen LogP contribution in [0.3, 0.4) is 0 Å². The number of allylic oxidation sites excluding steroid dienone is 3. The van der Waals surface area contributed by atoms with Gasteiger partial charge in [0.2, 0.25) is 5.56 Å². The van der Waals surface area contributed by atoms with Gasteiger partial charge in [0.25, 0.3) is 0 Å². The highest BCUT2D eigenvalue weighted by Crippen LogP contribution is 2.23. The molecule has 0 aliphatic heterocycles. The zero-order chi connectivity index (χ0) is 18.1. The molecule has 1 aliphatic carbocycles. The number of rotatable bonds is 1. The third-order valence-corrected chi connectivity index (χ3v) is 5.05. The minimum Gasteiger partial charge on any atom is -0.506 e. The molecule has 0 saturated heterocycles. The average Bonchev–Trinajstić information content (AvgIpc) is 2.58. The van der Waals surface area contributed by atoms with E-state index in [4.69, 9.17) is 0 Å². The van der Waals surface area contributed by atoms with E-state index in [1.54, 1.807) is 12.1 Å². The SMILES string of the molecule is C[C@@H](O)[C@H]1CCCCCC/C=C/C=C(/O)c2[nH]c(=O)ccc2CCC1. The standard InChI is InChI=1S/C21H31NO3/c1-16(23)17-10-7-5-3-2-4-6-8-13-19(24)21-18(12-9-11-17)14-15-20(25)22-21/h6,8,13-17,23-24H,2-5,7,9-12H2,1H3,(H,22,25)/b8-6+,19-13+/t16-,17+/m1/s1. The fourth-order valence-electron chi connectivity index (χ4n) is 3.48. The lowest BCUT2D eigenvalue weighted by molar-refractivity contribution is 0.111. The Bertz CT molecular complexity index is 643. The number of hydrogen-bond acceptors (Lipinski definition) is 3. The Morgan fingerprint density at radius 1 is 1.12 bits per heavy atom. The Morgan fingerprint density at radius 3 is 2.68 bits per heavy atom. The fraction of sp³-hybridized carbons (Fsp3) is 0.571. The summed E-state index contributed by atoms with van der Waals surface area (Å²) in [7, 11) is 0. The lowest BCUT2D eigenvalue weighted by Crippen LogP contribution is -2.17. The largest absolute Gasteiger partial charge is 0.506 e. The van der Waals surface area contributed by atoms with Gasteiger partial charge in [0, 0.05) is 6.07 Å². The molecule has 1 aromatic rings. The third kappa shape index (κ3) is 6.54. The number of fused-ring (bicyclic) bond motifs is 1. The predicted octanol–water partition coefficient (Wildman–Crippen LogP) is 4.50. The molecule has 138 valence electrons. The second kappa shape index (κ2) is 10.2. The molecule has 2 atom stereocenters. The summed E-state index contributed by atoms with van der Waals surface area (Å²) in [6, 6.07) is 3.30. The number of aromatic nitrogens is 1. The Morgan fingerprint density at radius 2 is 1.88 bits per heavy atom. The van der Waals surface area contributed by atoms with Crippen molar-refractivity contribution in [2.45, 2.75) is 70.8 Å². The van der Waals surface area contributed by atoms with Gasteiger partial charge in [-0.25, -0.2) is 0 Å². The van der Waals surface area contributed by atoms with Crippen molar-refractivity contribution >= 4 is 5.76 Å². The Hall–Kier alpha value is -1.81. The lowest BCUT2D eigenvalue weighted by Gasteiger charge is -2.20. The molecule has 0 unspecified atom stereocenters. The molecule has 1 aliphatic rings. The molecule has 0 bridgehead atoms. The van der Waals surface area contributed by atoms with Crippen LogP contribution in [-0.4, -0.2) is 21.3 Å². The topological polar surface area (TPSA) is 73.3 Å². The molecule has 4 nitrogen and oxygen atoms in total. The summed E-state index contributed by atoms with van der Waals surface area (Å²) in [5.74, 6) is 0.422. The van der Waals surface area contributed by atoms with Gasteiger partial charge in [0.15, 0.2) is 0 Å². The van der Waals surface area contributed by atoms with Crippen LogP contribution in [0.2, 0.25) is 0 Å². The van der Waals surface area contributed by atoms with Crippen molar-refractivity contribution in [2.75, 3.05) is 0 Å². The second-order valence-corrected chi connectivity index (χ2v) is 7.09. The summed E-state index contributed by atoms with van der Waals surface area (Å²) >= 11 is 0. The van der Waals surface area contributed by atoms with Gasteiger partial charge in [-0.05, 0) is 63.0 Å². The second-order valence-electron chi connectivity index (χ2n) is 7.09. The van der Waals surface area contributed by atoms with Gasteiger partial charge in [-0.3, -0.25) is 4.79 Å². The molecule has 1 aromatic heterocycles. The summed E-state index contributed by atoms with van der Waals surface area (Å²) in [5.41, 5.74) is 1.25. The molecule has 0 amide bonds. The van der Waals surface area contributed by atoms with Crippen molar-refractivity contribution in [1.29, 1.82) is 0 Å². The Labute approximate surface area is 150 Å². The maximum absolute atomic E-state index is 11.6. The quantitative estimate of drug-likeness (QED) is 0.701. The van der Waals surface area contributed by atoms with Crippen LogP contribution in [0.15, 0.2) is 35.2 Å². The number of aryl methyl sites for hydroxylation is 1. The minimum absolute atomic E-state index is 0.100. The summed E-state index contributed by atoms with van der Waals surface area (Å²) in [6.07, 6.45) is 14.7. The highest BCUT2D eigenvalue weighted by atomic mass is 16.3. The van der Waals surface area contributed by atoms with Gasteiger partial charge in [-0.2, -0.15) is 0 Å². The van der Waals surface area contributed by atoms with E-state index in [2.05, 4.69) is 11.1 Å². The molecule has 0 spiro atoms. The van der Waals surface area contributed by atoms with Crippen LogP contribution in [-0.2, 0) is 6.42 Å². The highest BCUT2D eigenvalue weighted by Gasteiger charge is 2.15. The van der Waals surface area contributed by atoms with Crippen molar-refractivity contribution in [3.05, 3.63) is 52.0 Å². The number of aliphatic hydroxyl groups is 2. The number of nitrogens with one attached hydrogen (secondary N) is 1. The monoisotopic (exact) mass is 345 g/mol. The number of aliphatic hydroxyl groups excluding tert-OH is 2. The van der Waals surface area contributed by atoms with E-state index in [-0.39, 0.29) is 17.4 Å². The first-order chi connectivity index (χ1) is 12.1. The molecule has 25 heavy (non-hydrogen) atoms. The molecular weight excluding hydrogens is 314 g/mol. The van der Waals surface area contributed by atoms with Crippen molar-refractivity contribution in [2.24, 2.45) is 5.92 Å². The normalized spacial score (nSPS) is 25.4. The molecule has 4 heteroatoms. The van der Waals surface area contributed by atoms with Crippen LogP contribution in [0.25, 0.3) is 5.76 Å². The molecule has 3 N–H and O–H groups in total. The van der Waals surface area contributed by atoms with Gasteiger partial charge < -0.3 is 15.2 Å². The van der Waals surface area contributed by atoms with Crippen LogP contribution < -0.4 is 5.56 Å². The van der Waals surface area contributed by atoms with Gasteiger partial charge in [-0.15, -0.1) is 0 Å². The molecule has 2 rings (SSSR count). The smallest absolute Gasteiger partial charge is 0.248 e. The average molecular weight is 345 g/mol. The first-order valence-electron chi connectivity index (χ1n) is 9.54. The van der Waals surface area contributed by atoms with E-state index in [0.717, 1.165) is 44.1 Å². The zero-order valence-corrected chi connectivity index (χ0v) is 15.2. The van der Waals surface area contributed by atoms with E-state index < -0.39 is 0 Å². The summed E-state index contributed by atoms with van der Waals surface area (Å²) in [6.45, 7) is 1.88. The predicted molar refractivity (Wildman–Crippen MR) is 103 cm³/mol. The highest BCUT2D eigenvalue weighted by molar-refractivity contribution is 5.59. The number of hydrogen-bond donors (Lipinski definition) is 3. The van der Waals surface area contributed by atoms with E-state index >= 15 is 0 Å². The summed E-state index contributed by atoms with van der Waals surface area (Å²) in [4.78, 5) is 14.4. The fourth-order valence-corrected chi connectivity index (χ4v) is 3.48. The van der Waals surface area contributed by atoms with Gasteiger partial charge in [0.1, 0.15) is 5.76 Å². The minimum atomic E-state index is -0.287. The molecule has 0 aromatic carbocycles. The van der Waals surface area contributed by atoms with E-state index in [9.17, 15) is 15.0 Å². The molecule has 0 radical (unpaired) electrons. The van der Waals surface area contributed by atoms with Crippen molar-refractivity contribution in [3.63, 3.8) is 0 Å². The van der Waals surface area contributed by atoms with Crippen LogP contribution in [0.1, 0.15) is 69.5 Å². The number of pyridine rings is 1. The van der Waals surface area contributed by atoms with Gasteiger partial charge >= 0.3 is 0 Å². The number of H-pyrrole nitrogens is 1. The van der Waals surface area contributed by atoms with Crippen LogP contribution >= 0.6 is 0 Å². The van der Waals surface area contributed by atoms with E-state index in [0.29, 0.717) is 11.6 Å². The molecule has 0 fully saturated rings. The van der Waals surface area contributed by atoms with Crippen molar-refractivity contribution in [1.82, 2.24) is 4.98 Å². The lowest BCUT2D eigenvalue weighted by atomic mass is 9.90. The Balaban J connectivity index is 2.19. The van der Waals surface area contributed by atoms with E-state index in [1.807, 2.05) is 13.0 Å². The van der Waals surface area contributed by atoms with Gasteiger partial charge in [-0.1, -0.05) is 37.5 Å².